The number of halogens is 1. The Morgan fingerprint density at radius 2 is 2.13 bits per heavy atom. The first-order valence-corrected chi connectivity index (χ1v) is 5.54. The van der Waals surface area contributed by atoms with E-state index in [1.165, 1.54) is 7.11 Å². The minimum Gasteiger partial charge on any atom is -0.469 e. The number of Topliss-reactive ketones (excluding diaryl/α,β-unsaturated/α-hetero) is 1. The third kappa shape index (κ3) is 3.47. The van der Waals surface area contributed by atoms with E-state index >= 15 is 0 Å². The summed E-state index contributed by atoms with van der Waals surface area (Å²) in [5.74, 6) is -0.305. The van der Waals surface area contributed by atoms with Gasteiger partial charge in [-0.1, -0.05) is 34.1 Å². The minimum absolute atomic E-state index is 0.00159. The Morgan fingerprint density at radius 3 is 2.73 bits per heavy atom. The number of ketones is 1. The zero-order valence-electron chi connectivity index (χ0n) is 8.33. The molecule has 1 rings (SSSR count). The van der Waals surface area contributed by atoms with Gasteiger partial charge in [-0.25, -0.2) is 0 Å². The fourth-order valence-electron chi connectivity index (χ4n) is 1.17. The quantitative estimate of drug-likeness (QED) is 0.478. The van der Waals surface area contributed by atoms with E-state index in [4.69, 9.17) is 0 Å². The van der Waals surface area contributed by atoms with Crippen LogP contribution in [0.25, 0.3) is 0 Å². The van der Waals surface area contributed by atoms with E-state index in [0.29, 0.717) is 5.56 Å². The van der Waals surface area contributed by atoms with Crippen molar-refractivity contribution in [2.75, 3.05) is 12.4 Å². The Kier molecular flexibility index (Phi) is 4.49. The van der Waals surface area contributed by atoms with Crippen molar-refractivity contribution in [1.82, 2.24) is 0 Å². The summed E-state index contributed by atoms with van der Waals surface area (Å²) in [6.07, 6.45) is 0.194. The van der Waals surface area contributed by atoms with Crippen LogP contribution in [0.1, 0.15) is 15.9 Å². The zero-order valence-corrected chi connectivity index (χ0v) is 9.91. The second-order valence-electron chi connectivity index (χ2n) is 3.01. The van der Waals surface area contributed by atoms with Gasteiger partial charge in [0.15, 0.2) is 5.78 Å². The molecule has 4 heteroatoms. The van der Waals surface area contributed by atoms with Crippen LogP contribution >= 0.6 is 15.9 Å². The number of carbonyl (C=O) groups excluding carboxylic acids is 2. The first-order chi connectivity index (χ1) is 7.17. The standard InChI is InChI=1S/C11H11BrO3/c1-15-11(14)6-8-3-2-4-9(5-8)10(13)7-12/h2-5H,6-7H2,1H3. The van der Waals surface area contributed by atoms with Gasteiger partial charge in [-0.3, -0.25) is 9.59 Å². The van der Waals surface area contributed by atoms with Gasteiger partial charge < -0.3 is 4.74 Å². The van der Waals surface area contributed by atoms with Crippen molar-refractivity contribution in [3.8, 4) is 0 Å². The van der Waals surface area contributed by atoms with Crippen molar-refractivity contribution < 1.29 is 14.3 Å². The maximum Gasteiger partial charge on any atom is 0.309 e. The van der Waals surface area contributed by atoms with Crippen LogP contribution in [0.2, 0.25) is 0 Å². The molecule has 0 heterocycles. The number of benzene rings is 1. The number of hydrogen-bond donors (Lipinski definition) is 0. The number of methoxy groups -OCH3 is 1. The maximum atomic E-state index is 11.4. The highest BCUT2D eigenvalue weighted by molar-refractivity contribution is 9.09. The Bertz CT molecular complexity index is 374. The molecule has 0 bridgehead atoms. The molecule has 0 amide bonds. The monoisotopic (exact) mass is 270 g/mol. The molecule has 0 saturated carbocycles. The van der Waals surface area contributed by atoms with E-state index in [0.717, 1.165) is 5.56 Å². The molecule has 0 aliphatic rings. The van der Waals surface area contributed by atoms with E-state index in [1.54, 1.807) is 24.3 Å². The number of hydrogen-bond acceptors (Lipinski definition) is 3. The van der Waals surface area contributed by atoms with Crippen molar-refractivity contribution in [2.45, 2.75) is 6.42 Å². The van der Waals surface area contributed by atoms with Gasteiger partial charge in [-0.2, -0.15) is 0 Å². The predicted molar refractivity (Wildman–Crippen MR) is 60.3 cm³/mol. The molecule has 0 unspecified atom stereocenters. The lowest BCUT2D eigenvalue weighted by Gasteiger charge is -2.02. The predicted octanol–water partition coefficient (Wildman–Crippen LogP) is 1.98. The Labute approximate surface area is 96.6 Å². The summed E-state index contributed by atoms with van der Waals surface area (Å²) in [7, 11) is 1.34. The summed E-state index contributed by atoms with van der Waals surface area (Å²) in [6, 6.07) is 6.99. The average molecular weight is 271 g/mol. The van der Waals surface area contributed by atoms with Crippen LogP contribution in [-0.2, 0) is 16.0 Å². The fourth-order valence-corrected chi connectivity index (χ4v) is 1.49. The van der Waals surface area contributed by atoms with Gasteiger partial charge in [-0.05, 0) is 11.6 Å². The molecular weight excluding hydrogens is 260 g/mol. The average Bonchev–Trinajstić information content (AvgIpc) is 2.28. The largest absolute Gasteiger partial charge is 0.469 e. The molecule has 0 aromatic heterocycles. The van der Waals surface area contributed by atoms with E-state index in [1.807, 2.05) is 0 Å². The van der Waals surface area contributed by atoms with Crippen LogP contribution in [0.15, 0.2) is 24.3 Å². The molecule has 0 spiro atoms. The summed E-state index contributed by atoms with van der Waals surface area (Å²) in [5.41, 5.74) is 1.39. The van der Waals surface area contributed by atoms with Crippen molar-refractivity contribution in [2.24, 2.45) is 0 Å². The van der Waals surface area contributed by atoms with Crippen molar-refractivity contribution >= 4 is 27.7 Å². The van der Waals surface area contributed by atoms with Crippen LogP contribution in [0, 0.1) is 0 Å². The molecule has 80 valence electrons. The van der Waals surface area contributed by atoms with Gasteiger partial charge >= 0.3 is 5.97 Å². The van der Waals surface area contributed by atoms with Crippen LogP contribution in [0.5, 0.6) is 0 Å². The lowest BCUT2D eigenvalue weighted by Crippen LogP contribution is -2.06. The highest BCUT2D eigenvalue weighted by Crippen LogP contribution is 2.08. The van der Waals surface area contributed by atoms with Gasteiger partial charge in [0.25, 0.3) is 0 Å². The molecule has 0 atom stereocenters. The Hall–Kier alpha value is -1.16. The second kappa shape index (κ2) is 5.66. The summed E-state index contributed by atoms with van der Waals surface area (Å²) in [4.78, 5) is 22.4. The minimum atomic E-state index is -0.307. The number of alkyl halides is 1. The molecule has 0 fully saturated rings. The third-order valence-electron chi connectivity index (χ3n) is 1.95. The molecule has 1 aromatic carbocycles. The SMILES string of the molecule is COC(=O)Cc1cccc(C(=O)CBr)c1. The molecular formula is C11H11BrO3. The van der Waals surface area contributed by atoms with Crippen molar-refractivity contribution in [3.05, 3.63) is 35.4 Å². The van der Waals surface area contributed by atoms with Crippen LogP contribution in [0.3, 0.4) is 0 Å². The van der Waals surface area contributed by atoms with E-state index in [-0.39, 0.29) is 23.5 Å². The normalized spacial score (nSPS) is 9.73. The first-order valence-electron chi connectivity index (χ1n) is 4.42. The smallest absolute Gasteiger partial charge is 0.309 e. The number of ether oxygens (including phenoxy) is 1. The molecule has 15 heavy (non-hydrogen) atoms. The molecule has 0 aliphatic carbocycles. The molecule has 0 aliphatic heterocycles. The first kappa shape index (κ1) is 11.9. The highest BCUT2D eigenvalue weighted by atomic mass is 79.9. The molecule has 0 saturated heterocycles. The van der Waals surface area contributed by atoms with E-state index in [2.05, 4.69) is 20.7 Å². The Balaban J connectivity index is 2.83. The summed E-state index contributed by atoms with van der Waals surface area (Å²) in [6.45, 7) is 0. The maximum absolute atomic E-state index is 11.4. The van der Waals surface area contributed by atoms with Gasteiger partial charge in [0, 0.05) is 5.56 Å². The molecule has 0 radical (unpaired) electrons. The van der Waals surface area contributed by atoms with E-state index in [9.17, 15) is 9.59 Å². The van der Waals surface area contributed by atoms with Crippen LogP contribution in [0.4, 0.5) is 0 Å². The fraction of sp³-hybridized carbons (Fsp3) is 0.273. The highest BCUT2D eigenvalue weighted by Gasteiger charge is 2.07. The summed E-state index contributed by atoms with van der Waals surface area (Å²) >= 11 is 3.10. The summed E-state index contributed by atoms with van der Waals surface area (Å²) < 4.78 is 4.55. The third-order valence-corrected chi connectivity index (χ3v) is 2.46. The number of esters is 1. The zero-order chi connectivity index (χ0) is 11.3. The van der Waals surface area contributed by atoms with Crippen molar-refractivity contribution in [3.63, 3.8) is 0 Å². The molecule has 1 aromatic rings. The van der Waals surface area contributed by atoms with Crippen molar-refractivity contribution in [1.29, 1.82) is 0 Å². The lowest BCUT2D eigenvalue weighted by molar-refractivity contribution is -0.139. The topological polar surface area (TPSA) is 43.4 Å². The second-order valence-corrected chi connectivity index (χ2v) is 3.57. The Morgan fingerprint density at radius 1 is 1.40 bits per heavy atom. The van der Waals surface area contributed by atoms with Crippen LogP contribution in [-0.4, -0.2) is 24.2 Å². The van der Waals surface area contributed by atoms with Gasteiger partial charge in [-0.15, -0.1) is 0 Å². The molecule has 3 nitrogen and oxygen atoms in total. The van der Waals surface area contributed by atoms with Gasteiger partial charge in [0.05, 0.1) is 18.9 Å². The molecule has 0 N–H and O–H groups in total. The number of carbonyl (C=O) groups is 2. The van der Waals surface area contributed by atoms with Gasteiger partial charge in [0.1, 0.15) is 0 Å². The number of rotatable bonds is 4. The van der Waals surface area contributed by atoms with Crippen LogP contribution < -0.4 is 0 Å². The van der Waals surface area contributed by atoms with E-state index < -0.39 is 0 Å². The van der Waals surface area contributed by atoms with Gasteiger partial charge in [0.2, 0.25) is 0 Å². The lowest BCUT2D eigenvalue weighted by atomic mass is 10.1. The summed E-state index contributed by atoms with van der Waals surface area (Å²) in [5, 5.41) is 0.286.